The van der Waals surface area contributed by atoms with Gasteiger partial charge in [-0.05, 0) is 54.1 Å². The standard InChI is InChI=1S/C22H17F3N2O3/c23-22(24,25)16-7-5-15(6-8-16)21(11-13-30-18-2-1-12-26-19(18)21)27-20(29)14-3-9-17(28)10-4-14/h1-10,12,28H,11,13H2,(H,27,29)/t21-/m0/s1. The Morgan fingerprint density at radius 3 is 2.43 bits per heavy atom. The van der Waals surface area contributed by atoms with Crippen LogP contribution in [0.5, 0.6) is 11.5 Å². The zero-order valence-corrected chi connectivity index (χ0v) is 15.6. The average molecular weight is 414 g/mol. The molecule has 0 saturated carbocycles. The number of benzene rings is 2. The summed E-state index contributed by atoms with van der Waals surface area (Å²) in [6.45, 7) is 0.246. The van der Waals surface area contributed by atoms with E-state index in [0.717, 1.165) is 12.1 Å². The second-order valence-corrected chi connectivity index (χ2v) is 6.93. The lowest BCUT2D eigenvalue weighted by Crippen LogP contribution is -2.50. The monoisotopic (exact) mass is 414 g/mol. The number of aromatic nitrogens is 1. The van der Waals surface area contributed by atoms with E-state index in [9.17, 15) is 23.1 Å². The fourth-order valence-corrected chi connectivity index (χ4v) is 3.56. The molecule has 2 heterocycles. The topological polar surface area (TPSA) is 71.5 Å². The summed E-state index contributed by atoms with van der Waals surface area (Å²) in [4.78, 5) is 17.4. The number of nitrogens with zero attached hydrogens (tertiary/aromatic N) is 1. The maximum absolute atomic E-state index is 13.0. The summed E-state index contributed by atoms with van der Waals surface area (Å²) in [5, 5.41) is 12.4. The lowest BCUT2D eigenvalue weighted by Gasteiger charge is -2.39. The number of fused-ring (bicyclic) bond motifs is 1. The summed E-state index contributed by atoms with van der Waals surface area (Å²) in [7, 11) is 0. The van der Waals surface area contributed by atoms with Crippen LogP contribution in [0.3, 0.4) is 0 Å². The lowest BCUT2D eigenvalue weighted by molar-refractivity contribution is -0.137. The highest BCUT2D eigenvalue weighted by molar-refractivity contribution is 5.95. The molecule has 1 aliphatic rings. The Bertz CT molecular complexity index is 1070. The van der Waals surface area contributed by atoms with Crippen molar-refractivity contribution in [1.29, 1.82) is 0 Å². The van der Waals surface area contributed by atoms with Crippen LogP contribution in [-0.2, 0) is 11.7 Å². The molecule has 2 aromatic carbocycles. The van der Waals surface area contributed by atoms with E-state index in [4.69, 9.17) is 4.74 Å². The highest BCUT2D eigenvalue weighted by atomic mass is 19.4. The van der Waals surface area contributed by atoms with E-state index in [2.05, 4.69) is 10.3 Å². The normalized spacial score (nSPS) is 18.2. The Labute approximate surface area is 170 Å². The number of aromatic hydroxyl groups is 1. The molecule has 1 aliphatic heterocycles. The first-order valence-corrected chi connectivity index (χ1v) is 9.17. The number of halogens is 3. The number of phenols is 1. The molecule has 3 aromatic rings. The van der Waals surface area contributed by atoms with Crippen molar-refractivity contribution < 1.29 is 27.8 Å². The van der Waals surface area contributed by atoms with Gasteiger partial charge in [0.1, 0.15) is 22.7 Å². The third-order valence-corrected chi connectivity index (χ3v) is 5.07. The quantitative estimate of drug-likeness (QED) is 0.672. The summed E-state index contributed by atoms with van der Waals surface area (Å²) in [5.41, 5.74) is -0.773. The van der Waals surface area contributed by atoms with Gasteiger partial charge in [-0.2, -0.15) is 13.2 Å². The zero-order chi connectivity index (χ0) is 21.4. The van der Waals surface area contributed by atoms with Crippen molar-refractivity contribution >= 4 is 5.91 Å². The first-order valence-electron chi connectivity index (χ1n) is 9.17. The van der Waals surface area contributed by atoms with Crippen LogP contribution in [0.25, 0.3) is 0 Å². The molecule has 0 radical (unpaired) electrons. The molecule has 2 N–H and O–H groups in total. The van der Waals surface area contributed by atoms with E-state index in [1.807, 2.05) is 0 Å². The molecule has 154 valence electrons. The van der Waals surface area contributed by atoms with Crippen molar-refractivity contribution in [2.75, 3.05) is 6.61 Å². The summed E-state index contributed by atoms with van der Waals surface area (Å²) < 4.78 is 44.8. The molecule has 1 aromatic heterocycles. The van der Waals surface area contributed by atoms with E-state index in [1.54, 1.807) is 18.3 Å². The molecule has 0 spiro atoms. The fourth-order valence-electron chi connectivity index (χ4n) is 3.56. The van der Waals surface area contributed by atoms with Crippen molar-refractivity contribution in [2.24, 2.45) is 0 Å². The first-order chi connectivity index (χ1) is 14.3. The minimum atomic E-state index is -4.47. The Morgan fingerprint density at radius 1 is 1.07 bits per heavy atom. The largest absolute Gasteiger partial charge is 0.508 e. The third-order valence-electron chi connectivity index (χ3n) is 5.07. The number of alkyl halides is 3. The molecule has 1 amide bonds. The van der Waals surface area contributed by atoms with Gasteiger partial charge >= 0.3 is 6.18 Å². The van der Waals surface area contributed by atoms with Crippen molar-refractivity contribution in [3.05, 3.63) is 89.2 Å². The van der Waals surface area contributed by atoms with Crippen molar-refractivity contribution in [1.82, 2.24) is 10.3 Å². The van der Waals surface area contributed by atoms with Gasteiger partial charge in [-0.1, -0.05) is 12.1 Å². The van der Waals surface area contributed by atoms with Gasteiger partial charge in [0.2, 0.25) is 0 Å². The van der Waals surface area contributed by atoms with Crippen LogP contribution < -0.4 is 10.1 Å². The lowest BCUT2D eigenvalue weighted by atomic mass is 9.80. The number of hydrogen-bond acceptors (Lipinski definition) is 4. The van der Waals surface area contributed by atoms with Crippen molar-refractivity contribution in [2.45, 2.75) is 18.1 Å². The number of hydrogen-bond donors (Lipinski definition) is 2. The summed E-state index contributed by atoms with van der Waals surface area (Å²) in [5.74, 6) is 0.0186. The molecule has 5 nitrogen and oxygen atoms in total. The SMILES string of the molecule is O=C(N[C@]1(c2ccc(C(F)(F)F)cc2)CCOc2cccnc21)c1ccc(O)cc1. The second kappa shape index (κ2) is 7.37. The van der Waals surface area contributed by atoms with Crippen molar-refractivity contribution in [3.8, 4) is 11.5 Å². The number of nitrogens with one attached hydrogen (secondary N) is 1. The molecular weight excluding hydrogens is 397 g/mol. The molecule has 0 unspecified atom stereocenters. The Morgan fingerprint density at radius 2 is 1.77 bits per heavy atom. The van der Waals surface area contributed by atoms with Gasteiger partial charge in [-0.15, -0.1) is 0 Å². The molecule has 0 bridgehead atoms. The van der Waals surface area contributed by atoms with E-state index < -0.39 is 23.2 Å². The number of amides is 1. The number of ether oxygens (including phenoxy) is 1. The minimum absolute atomic E-state index is 0.0158. The van der Waals surface area contributed by atoms with Gasteiger partial charge in [-0.3, -0.25) is 9.78 Å². The molecule has 30 heavy (non-hydrogen) atoms. The summed E-state index contributed by atoms with van der Waals surface area (Å²) >= 11 is 0. The first kappa shape index (κ1) is 19.8. The van der Waals surface area contributed by atoms with Crippen molar-refractivity contribution in [3.63, 3.8) is 0 Å². The average Bonchev–Trinajstić information content (AvgIpc) is 2.74. The number of carbonyl (C=O) groups excluding carboxylic acids is 1. The van der Waals surface area contributed by atoms with E-state index in [-0.39, 0.29) is 18.8 Å². The van der Waals surface area contributed by atoms with Crippen LogP contribution in [0.2, 0.25) is 0 Å². The maximum atomic E-state index is 13.0. The van der Waals surface area contributed by atoms with E-state index >= 15 is 0 Å². The molecule has 0 fully saturated rings. The summed E-state index contributed by atoms with van der Waals surface area (Å²) in [6.07, 6.45) is -2.64. The minimum Gasteiger partial charge on any atom is -0.508 e. The molecule has 4 rings (SSSR count). The Hall–Kier alpha value is -3.55. The van der Waals surface area contributed by atoms with Crippen LogP contribution in [0.4, 0.5) is 13.2 Å². The van der Waals surface area contributed by atoms with Gasteiger partial charge in [0.15, 0.2) is 0 Å². The summed E-state index contributed by atoms with van der Waals surface area (Å²) in [6, 6.07) is 13.8. The van der Waals surface area contributed by atoms with Gasteiger partial charge in [0, 0.05) is 18.2 Å². The predicted molar refractivity (Wildman–Crippen MR) is 102 cm³/mol. The number of carbonyl (C=O) groups is 1. The number of pyridine rings is 1. The Balaban J connectivity index is 1.80. The molecule has 0 saturated heterocycles. The fraction of sp³-hybridized carbons (Fsp3) is 0.182. The number of phenolic OH excluding ortho intramolecular Hbond substituents is 1. The van der Waals surface area contributed by atoms with Crippen LogP contribution >= 0.6 is 0 Å². The van der Waals surface area contributed by atoms with Crippen LogP contribution in [-0.4, -0.2) is 22.6 Å². The van der Waals surface area contributed by atoms with Gasteiger partial charge in [0.05, 0.1) is 12.2 Å². The highest BCUT2D eigenvalue weighted by Gasteiger charge is 2.43. The maximum Gasteiger partial charge on any atom is 0.416 e. The third kappa shape index (κ3) is 3.56. The predicted octanol–water partition coefficient (Wildman–Crippen LogP) is 4.26. The zero-order valence-electron chi connectivity index (χ0n) is 15.6. The van der Waals surface area contributed by atoms with Gasteiger partial charge in [0.25, 0.3) is 5.91 Å². The number of rotatable bonds is 3. The molecule has 8 heteroatoms. The van der Waals surface area contributed by atoms with Crippen LogP contribution in [0.15, 0.2) is 66.9 Å². The van der Waals surface area contributed by atoms with Gasteiger partial charge in [-0.25, -0.2) is 0 Å². The van der Waals surface area contributed by atoms with E-state index in [1.165, 1.54) is 36.4 Å². The van der Waals surface area contributed by atoms with E-state index in [0.29, 0.717) is 22.6 Å². The van der Waals surface area contributed by atoms with Gasteiger partial charge < -0.3 is 15.2 Å². The molecule has 1 atom stereocenters. The van der Waals surface area contributed by atoms with Crippen LogP contribution in [0.1, 0.15) is 33.6 Å². The second-order valence-electron chi connectivity index (χ2n) is 6.93. The molecule has 0 aliphatic carbocycles. The smallest absolute Gasteiger partial charge is 0.416 e. The van der Waals surface area contributed by atoms with Crippen LogP contribution in [0, 0.1) is 0 Å². The highest BCUT2D eigenvalue weighted by Crippen LogP contribution is 2.41. The molecular formula is C22H17F3N2O3. The Kier molecular flexibility index (Phi) is 4.85.